The number of hydrogen-bond donors (Lipinski definition) is 1. The SMILES string of the molecule is Cc1c(CCC(=O)O)n(Cc2ccc(Cn3ccnc3)cc2)c2ccc(F)cc12. The summed E-state index contributed by atoms with van der Waals surface area (Å²) in [7, 11) is 0. The number of imidazole rings is 1. The van der Waals surface area contributed by atoms with Crippen LogP contribution in [0.4, 0.5) is 4.39 Å². The summed E-state index contributed by atoms with van der Waals surface area (Å²) in [6, 6.07) is 13.1. The highest BCUT2D eigenvalue weighted by molar-refractivity contribution is 5.85. The van der Waals surface area contributed by atoms with Crippen LogP contribution in [0.1, 0.15) is 28.8 Å². The molecule has 0 aliphatic carbocycles. The first kappa shape index (κ1) is 18.9. The van der Waals surface area contributed by atoms with E-state index in [9.17, 15) is 9.18 Å². The monoisotopic (exact) mass is 391 g/mol. The zero-order chi connectivity index (χ0) is 20.4. The third-order valence-corrected chi connectivity index (χ3v) is 5.28. The van der Waals surface area contributed by atoms with Crippen molar-refractivity contribution in [2.24, 2.45) is 0 Å². The van der Waals surface area contributed by atoms with E-state index in [-0.39, 0.29) is 12.2 Å². The number of fused-ring (bicyclic) bond motifs is 1. The first-order valence-corrected chi connectivity index (χ1v) is 9.54. The van der Waals surface area contributed by atoms with Gasteiger partial charge in [-0.05, 0) is 48.2 Å². The molecule has 4 aromatic rings. The molecule has 2 aromatic heterocycles. The van der Waals surface area contributed by atoms with Gasteiger partial charge in [0, 0.05) is 42.1 Å². The number of rotatable bonds is 7. The van der Waals surface area contributed by atoms with Gasteiger partial charge >= 0.3 is 5.97 Å². The van der Waals surface area contributed by atoms with Crippen molar-refractivity contribution in [1.82, 2.24) is 14.1 Å². The van der Waals surface area contributed by atoms with Crippen LogP contribution in [-0.4, -0.2) is 25.2 Å². The summed E-state index contributed by atoms with van der Waals surface area (Å²) in [5, 5.41) is 9.96. The molecule has 0 saturated carbocycles. The Labute approximate surface area is 168 Å². The van der Waals surface area contributed by atoms with Gasteiger partial charge in [0.15, 0.2) is 0 Å². The summed E-state index contributed by atoms with van der Waals surface area (Å²) in [6.07, 6.45) is 5.93. The number of carboxylic acid groups (broad SMARTS) is 1. The van der Waals surface area contributed by atoms with Crippen LogP contribution in [0, 0.1) is 12.7 Å². The fourth-order valence-electron chi connectivity index (χ4n) is 3.80. The Morgan fingerprint density at radius 3 is 2.48 bits per heavy atom. The van der Waals surface area contributed by atoms with Crippen molar-refractivity contribution >= 4 is 16.9 Å². The standard InChI is InChI=1S/C23H22FN3O2/c1-16-20-12-19(24)6-7-22(20)27(21(16)8-9-23(28)29)14-18-4-2-17(3-5-18)13-26-11-10-25-15-26/h2-7,10-12,15H,8-9,13-14H2,1H3,(H,28,29). The van der Waals surface area contributed by atoms with Crippen molar-refractivity contribution in [3.8, 4) is 0 Å². The zero-order valence-electron chi connectivity index (χ0n) is 16.2. The molecule has 0 bridgehead atoms. The molecule has 0 spiro atoms. The van der Waals surface area contributed by atoms with Crippen LogP contribution in [0.5, 0.6) is 0 Å². The molecule has 148 valence electrons. The first-order valence-electron chi connectivity index (χ1n) is 9.54. The van der Waals surface area contributed by atoms with E-state index >= 15 is 0 Å². The van der Waals surface area contributed by atoms with Crippen LogP contribution < -0.4 is 0 Å². The Balaban J connectivity index is 1.65. The number of aryl methyl sites for hydroxylation is 1. The second kappa shape index (κ2) is 7.91. The minimum absolute atomic E-state index is 0.0451. The summed E-state index contributed by atoms with van der Waals surface area (Å²) >= 11 is 0. The number of aliphatic carboxylic acids is 1. The minimum atomic E-state index is -0.837. The number of nitrogens with zero attached hydrogens (tertiary/aromatic N) is 3. The predicted molar refractivity (Wildman–Crippen MR) is 109 cm³/mol. The molecule has 1 N–H and O–H groups in total. The largest absolute Gasteiger partial charge is 0.481 e. The first-order chi connectivity index (χ1) is 14.0. The van der Waals surface area contributed by atoms with Gasteiger partial charge in [0.25, 0.3) is 0 Å². The average Bonchev–Trinajstić information content (AvgIpc) is 3.29. The Hall–Kier alpha value is -3.41. The highest BCUT2D eigenvalue weighted by atomic mass is 19.1. The molecule has 0 unspecified atom stereocenters. The van der Waals surface area contributed by atoms with Gasteiger partial charge in [-0.3, -0.25) is 4.79 Å². The van der Waals surface area contributed by atoms with Gasteiger partial charge in [0.2, 0.25) is 0 Å². The van der Waals surface area contributed by atoms with Crippen molar-refractivity contribution in [1.29, 1.82) is 0 Å². The summed E-state index contributed by atoms with van der Waals surface area (Å²) in [5.41, 5.74) is 5.09. The molecule has 29 heavy (non-hydrogen) atoms. The molecule has 0 radical (unpaired) electrons. The number of aromatic nitrogens is 3. The zero-order valence-corrected chi connectivity index (χ0v) is 16.2. The van der Waals surface area contributed by atoms with Crippen LogP contribution in [0.2, 0.25) is 0 Å². The molecule has 6 heteroatoms. The average molecular weight is 391 g/mol. The van der Waals surface area contributed by atoms with Crippen molar-refractivity contribution in [2.45, 2.75) is 32.9 Å². The van der Waals surface area contributed by atoms with Crippen molar-refractivity contribution in [2.75, 3.05) is 0 Å². The van der Waals surface area contributed by atoms with E-state index in [1.165, 1.54) is 17.7 Å². The van der Waals surface area contributed by atoms with Gasteiger partial charge in [-0.1, -0.05) is 24.3 Å². The highest BCUT2D eigenvalue weighted by Crippen LogP contribution is 2.28. The Morgan fingerprint density at radius 1 is 1.10 bits per heavy atom. The number of hydrogen-bond acceptors (Lipinski definition) is 2. The van der Waals surface area contributed by atoms with Crippen LogP contribution >= 0.6 is 0 Å². The highest BCUT2D eigenvalue weighted by Gasteiger charge is 2.16. The normalized spacial score (nSPS) is 11.2. The lowest BCUT2D eigenvalue weighted by molar-refractivity contribution is -0.136. The van der Waals surface area contributed by atoms with E-state index in [0.29, 0.717) is 13.0 Å². The molecular formula is C23H22FN3O2. The predicted octanol–water partition coefficient (Wildman–Crippen LogP) is 4.40. The summed E-state index contributed by atoms with van der Waals surface area (Å²) in [6.45, 7) is 3.30. The summed E-state index contributed by atoms with van der Waals surface area (Å²) < 4.78 is 17.9. The van der Waals surface area contributed by atoms with Crippen LogP contribution in [0.3, 0.4) is 0 Å². The Kier molecular flexibility index (Phi) is 5.16. The van der Waals surface area contributed by atoms with Crippen LogP contribution in [0.25, 0.3) is 10.9 Å². The molecule has 4 rings (SSSR count). The summed E-state index contributed by atoms with van der Waals surface area (Å²) in [5.74, 6) is -1.12. The van der Waals surface area contributed by atoms with Crippen molar-refractivity contribution in [3.05, 3.63) is 89.4 Å². The molecule has 0 aliphatic rings. The van der Waals surface area contributed by atoms with Crippen molar-refractivity contribution in [3.63, 3.8) is 0 Å². The van der Waals surface area contributed by atoms with Gasteiger partial charge < -0.3 is 14.2 Å². The topological polar surface area (TPSA) is 60.0 Å². The van der Waals surface area contributed by atoms with E-state index < -0.39 is 5.97 Å². The second-order valence-corrected chi connectivity index (χ2v) is 7.26. The van der Waals surface area contributed by atoms with E-state index in [4.69, 9.17) is 5.11 Å². The lowest BCUT2D eigenvalue weighted by Gasteiger charge is -2.12. The minimum Gasteiger partial charge on any atom is -0.481 e. The number of carboxylic acids is 1. The van der Waals surface area contributed by atoms with E-state index in [2.05, 4.69) is 33.8 Å². The van der Waals surface area contributed by atoms with Crippen LogP contribution in [-0.2, 0) is 24.3 Å². The van der Waals surface area contributed by atoms with Gasteiger partial charge in [-0.25, -0.2) is 9.37 Å². The summed E-state index contributed by atoms with van der Waals surface area (Å²) in [4.78, 5) is 15.2. The van der Waals surface area contributed by atoms with E-state index in [1.807, 2.05) is 17.7 Å². The number of halogens is 1. The molecule has 0 amide bonds. The van der Waals surface area contributed by atoms with Gasteiger partial charge in [-0.15, -0.1) is 0 Å². The second-order valence-electron chi connectivity index (χ2n) is 7.26. The lowest BCUT2D eigenvalue weighted by Crippen LogP contribution is -2.08. The molecule has 0 fully saturated rings. The number of benzene rings is 2. The van der Waals surface area contributed by atoms with E-state index in [1.54, 1.807) is 18.6 Å². The van der Waals surface area contributed by atoms with Gasteiger partial charge in [0.1, 0.15) is 5.82 Å². The lowest BCUT2D eigenvalue weighted by atomic mass is 10.1. The van der Waals surface area contributed by atoms with Gasteiger partial charge in [-0.2, -0.15) is 0 Å². The molecule has 2 aromatic carbocycles. The Morgan fingerprint density at radius 2 is 1.83 bits per heavy atom. The molecule has 2 heterocycles. The molecule has 0 aliphatic heterocycles. The van der Waals surface area contributed by atoms with E-state index in [0.717, 1.165) is 34.3 Å². The van der Waals surface area contributed by atoms with Gasteiger partial charge in [0.05, 0.1) is 12.7 Å². The molecular weight excluding hydrogens is 369 g/mol. The maximum Gasteiger partial charge on any atom is 0.303 e. The maximum absolute atomic E-state index is 13.8. The maximum atomic E-state index is 13.8. The number of carbonyl (C=O) groups is 1. The quantitative estimate of drug-likeness (QED) is 0.508. The molecule has 5 nitrogen and oxygen atoms in total. The molecule has 0 saturated heterocycles. The fraction of sp³-hybridized carbons (Fsp3) is 0.217. The molecule has 0 atom stereocenters. The Bertz CT molecular complexity index is 1150. The van der Waals surface area contributed by atoms with Crippen molar-refractivity contribution < 1.29 is 14.3 Å². The third-order valence-electron chi connectivity index (χ3n) is 5.28. The van der Waals surface area contributed by atoms with Crippen LogP contribution in [0.15, 0.2) is 61.2 Å². The fourth-order valence-corrected chi connectivity index (χ4v) is 3.80. The third kappa shape index (κ3) is 4.06. The smallest absolute Gasteiger partial charge is 0.303 e.